The Morgan fingerprint density at radius 1 is 1.12 bits per heavy atom. The lowest BCUT2D eigenvalue weighted by Crippen LogP contribution is -2.39. The third-order valence-electron chi connectivity index (χ3n) is 3.23. The second-order valence-corrected chi connectivity index (χ2v) is 5.26. The fraction of sp³-hybridized carbons (Fsp3) is 0.467. The average Bonchev–Trinajstić information content (AvgIpc) is 2.52. The molecule has 1 unspecified atom stereocenters. The smallest absolute Gasteiger partial charge is 0.314 e. The molecule has 1 aromatic carbocycles. The van der Waals surface area contributed by atoms with E-state index in [4.69, 9.17) is 5.11 Å². The summed E-state index contributed by atoms with van der Waals surface area (Å²) < 4.78 is 39.2. The molecular formula is C15H19F3N2O4. The second-order valence-electron chi connectivity index (χ2n) is 5.26. The van der Waals surface area contributed by atoms with Crippen LogP contribution in [0.5, 0.6) is 0 Å². The molecule has 0 radical (unpaired) electrons. The lowest BCUT2D eigenvalue weighted by Gasteiger charge is -2.16. The largest absolute Gasteiger partial charge is 0.481 e. The lowest BCUT2D eigenvalue weighted by atomic mass is 9.99. The number of hydrogen-bond acceptors (Lipinski definition) is 3. The fourth-order valence-electron chi connectivity index (χ4n) is 2.00. The van der Waals surface area contributed by atoms with E-state index in [1.807, 2.05) is 0 Å². The van der Waals surface area contributed by atoms with Crippen molar-refractivity contribution in [3.8, 4) is 0 Å². The number of carbonyl (C=O) groups is 2. The molecule has 0 aliphatic heterocycles. The van der Waals surface area contributed by atoms with E-state index in [2.05, 4.69) is 10.6 Å². The van der Waals surface area contributed by atoms with Crippen molar-refractivity contribution in [1.82, 2.24) is 10.6 Å². The first kappa shape index (κ1) is 19.8. The fourth-order valence-corrected chi connectivity index (χ4v) is 2.00. The molecule has 0 fully saturated rings. The molecule has 0 aliphatic carbocycles. The van der Waals surface area contributed by atoms with Crippen LogP contribution < -0.4 is 10.6 Å². The third-order valence-corrected chi connectivity index (χ3v) is 3.23. The zero-order chi connectivity index (χ0) is 18.1. The minimum absolute atomic E-state index is 0.0296. The van der Waals surface area contributed by atoms with Gasteiger partial charge in [0.25, 0.3) is 0 Å². The maximum atomic E-state index is 13.1. The van der Waals surface area contributed by atoms with Crippen LogP contribution in [0.15, 0.2) is 12.1 Å². The van der Waals surface area contributed by atoms with E-state index in [1.165, 1.54) is 0 Å². The quantitative estimate of drug-likeness (QED) is 0.401. The molecule has 9 heteroatoms. The van der Waals surface area contributed by atoms with Crippen LogP contribution in [-0.4, -0.2) is 41.9 Å². The highest BCUT2D eigenvalue weighted by Gasteiger charge is 2.15. The van der Waals surface area contributed by atoms with Gasteiger partial charge in [-0.25, -0.2) is 18.0 Å². The predicted molar refractivity (Wildman–Crippen MR) is 78.9 cm³/mol. The average molecular weight is 348 g/mol. The molecule has 134 valence electrons. The number of amides is 2. The lowest BCUT2D eigenvalue weighted by molar-refractivity contribution is -0.137. The molecule has 0 aliphatic rings. The monoisotopic (exact) mass is 348 g/mol. The van der Waals surface area contributed by atoms with Crippen molar-refractivity contribution in [2.75, 3.05) is 19.7 Å². The van der Waals surface area contributed by atoms with Crippen molar-refractivity contribution in [2.45, 2.75) is 19.3 Å². The Labute approximate surface area is 136 Å². The Morgan fingerprint density at radius 3 is 2.29 bits per heavy atom. The minimum Gasteiger partial charge on any atom is -0.481 e. The first-order valence-corrected chi connectivity index (χ1v) is 7.31. The highest BCUT2D eigenvalue weighted by Crippen LogP contribution is 2.16. The van der Waals surface area contributed by atoms with Gasteiger partial charge in [0.05, 0.1) is 0 Å². The number of carbonyl (C=O) groups excluding carboxylic acids is 1. The van der Waals surface area contributed by atoms with E-state index in [9.17, 15) is 27.9 Å². The zero-order valence-corrected chi connectivity index (χ0v) is 12.8. The van der Waals surface area contributed by atoms with Crippen molar-refractivity contribution in [2.24, 2.45) is 5.92 Å². The van der Waals surface area contributed by atoms with Gasteiger partial charge < -0.3 is 20.8 Å². The molecule has 0 aromatic heterocycles. The molecule has 0 heterocycles. The molecule has 0 saturated heterocycles. The van der Waals surface area contributed by atoms with Crippen molar-refractivity contribution < 1.29 is 33.0 Å². The summed E-state index contributed by atoms with van der Waals surface area (Å²) in [7, 11) is 0. The number of hydrogen-bond donors (Lipinski definition) is 4. The van der Waals surface area contributed by atoms with Crippen molar-refractivity contribution >= 4 is 12.0 Å². The van der Waals surface area contributed by atoms with Gasteiger partial charge in [-0.1, -0.05) is 0 Å². The maximum Gasteiger partial charge on any atom is 0.314 e. The van der Waals surface area contributed by atoms with Crippen molar-refractivity contribution in [3.05, 3.63) is 35.1 Å². The number of rotatable bonds is 9. The highest BCUT2D eigenvalue weighted by molar-refractivity contribution is 5.73. The van der Waals surface area contributed by atoms with E-state index < -0.39 is 35.4 Å². The van der Waals surface area contributed by atoms with E-state index >= 15 is 0 Å². The van der Waals surface area contributed by atoms with Gasteiger partial charge in [0, 0.05) is 32.0 Å². The zero-order valence-electron chi connectivity index (χ0n) is 12.8. The summed E-state index contributed by atoms with van der Waals surface area (Å²) >= 11 is 0. The number of aliphatic hydroxyl groups is 1. The van der Waals surface area contributed by atoms with E-state index in [0.29, 0.717) is 0 Å². The van der Waals surface area contributed by atoms with Gasteiger partial charge in [-0.05, 0) is 30.5 Å². The van der Waals surface area contributed by atoms with Gasteiger partial charge >= 0.3 is 12.0 Å². The van der Waals surface area contributed by atoms with E-state index in [0.717, 1.165) is 12.1 Å². The van der Waals surface area contributed by atoms with Gasteiger partial charge in [0.1, 0.15) is 0 Å². The Kier molecular flexibility index (Phi) is 8.03. The van der Waals surface area contributed by atoms with Crippen LogP contribution in [0.1, 0.15) is 18.4 Å². The Balaban J connectivity index is 2.42. The Hall–Kier alpha value is -2.29. The molecular weight excluding hydrogens is 329 g/mol. The van der Waals surface area contributed by atoms with E-state index in [1.54, 1.807) is 0 Å². The molecule has 2 amide bonds. The molecule has 0 saturated carbocycles. The summed E-state index contributed by atoms with van der Waals surface area (Å²) in [6, 6.07) is 1.13. The standard InChI is InChI=1S/C15H19F3N2O4/c16-11-5-9(6-12(17)14(11)18)4-10(8-21)7-20-15(24)19-3-1-2-13(22)23/h5-6,10,21H,1-4,7-8H2,(H,22,23)(H2,19,20,24). The van der Waals surface area contributed by atoms with Crippen LogP contribution in [0, 0.1) is 23.4 Å². The minimum atomic E-state index is -1.56. The number of aliphatic carboxylic acids is 1. The van der Waals surface area contributed by atoms with Gasteiger partial charge in [-0.2, -0.15) is 0 Å². The van der Waals surface area contributed by atoms with Crippen molar-refractivity contribution in [3.63, 3.8) is 0 Å². The number of halogens is 3. The predicted octanol–water partition coefficient (Wildman–Crippen LogP) is 1.42. The molecule has 1 aromatic rings. The molecule has 0 bridgehead atoms. The molecule has 6 nitrogen and oxygen atoms in total. The summed E-state index contributed by atoms with van der Waals surface area (Å²) in [5.74, 6) is -5.66. The molecule has 0 spiro atoms. The Bertz CT molecular complexity index is 561. The summed E-state index contributed by atoms with van der Waals surface area (Å²) in [4.78, 5) is 21.8. The van der Waals surface area contributed by atoms with Gasteiger partial charge in [-0.15, -0.1) is 0 Å². The number of aliphatic hydroxyl groups excluding tert-OH is 1. The molecule has 1 atom stereocenters. The van der Waals surface area contributed by atoms with Gasteiger partial charge in [-0.3, -0.25) is 4.79 Å². The van der Waals surface area contributed by atoms with E-state index in [-0.39, 0.29) is 44.5 Å². The second kappa shape index (κ2) is 9.76. The molecule has 1 rings (SSSR count). The summed E-state index contributed by atoms with van der Waals surface area (Å²) in [6.07, 6.45) is 0.255. The first-order chi connectivity index (χ1) is 11.3. The summed E-state index contributed by atoms with van der Waals surface area (Å²) in [6.45, 7) is -0.141. The topological polar surface area (TPSA) is 98.7 Å². The van der Waals surface area contributed by atoms with Crippen molar-refractivity contribution in [1.29, 1.82) is 0 Å². The first-order valence-electron chi connectivity index (χ1n) is 7.31. The highest BCUT2D eigenvalue weighted by atomic mass is 19.2. The van der Waals surface area contributed by atoms with Crippen LogP contribution in [0.25, 0.3) is 0 Å². The molecule has 24 heavy (non-hydrogen) atoms. The maximum absolute atomic E-state index is 13.1. The normalized spacial score (nSPS) is 11.8. The van der Waals surface area contributed by atoms with Gasteiger partial charge in [0.2, 0.25) is 0 Å². The number of nitrogens with one attached hydrogen (secondary N) is 2. The number of urea groups is 1. The number of carboxylic acid groups (broad SMARTS) is 1. The van der Waals surface area contributed by atoms with Crippen LogP contribution in [-0.2, 0) is 11.2 Å². The van der Waals surface area contributed by atoms with Crippen LogP contribution >= 0.6 is 0 Å². The SMILES string of the molecule is O=C(O)CCCNC(=O)NCC(CO)Cc1cc(F)c(F)c(F)c1. The Morgan fingerprint density at radius 2 is 1.75 bits per heavy atom. The van der Waals surface area contributed by atoms with Gasteiger partial charge in [0.15, 0.2) is 17.5 Å². The molecule has 4 N–H and O–H groups in total. The summed E-state index contributed by atoms with van der Waals surface area (Å²) in [5.41, 5.74) is 0.161. The van der Waals surface area contributed by atoms with Crippen LogP contribution in [0.3, 0.4) is 0 Å². The number of benzene rings is 1. The number of carboxylic acids is 1. The summed E-state index contributed by atoms with van der Waals surface area (Å²) in [5, 5.41) is 22.6. The van der Waals surface area contributed by atoms with Crippen LogP contribution in [0.2, 0.25) is 0 Å². The third kappa shape index (κ3) is 6.86. The van der Waals surface area contributed by atoms with Crippen LogP contribution in [0.4, 0.5) is 18.0 Å².